The average Bonchev–Trinajstić information content (AvgIpc) is 3.05. The monoisotopic (exact) mass is 388 g/mol. The zero-order chi connectivity index (χ0) is 18.5. The van der Waals surface area contributed by atoms with Crippen LogP contribution in [0.5, 0.6) is 0 Å². The number of rotatable bonds is 3. The van der Waals surface area contributed by atoms with Crippen molar-refractivity contribution < 1.29 is 8.42 Å². The highest BCUT2D eigenvalue weighted by Gasteiger charge is 2.40. The molecule has 2 heterocycles. The molecule has 1 aliphatic heterocycles. The van der Waals surface area contributed by atoms with Gasteiger partial charge in [-0.1, -0.05) is 36.2 Å². The zero-order valence-corrected chi connectivity index (χ0v) is 16.4. The van der Waals surface area contributed by atoms with Gasteiger partial charge >= 0.3 is 0 Å². The minimum absolute atomic E-state index is 0.180. The molecule has 0 saturated carbocycles. The van der Waals surface area contributed by atoms with E-state index in [4.69, 9.17) is 11.6 Å². The van der Waals surface area contributed by atoms with Crippen LogP contribution in [-0.2, 0) is 16.4 Å². The van der Waals surface area contributed by atoms with Gasteiger partial charge in [-0.3, -0.25) is 0 Å². The molecule has 0 bridgehead atoms. The molecule has 1 saturated heterocycles. The fourth-order valence-electron chi connectivity index (χ4n) is 4.09. The number of allylic oxidation sites excluding steroid dienone is 1. The highest BCUT2D eigenvalue weighted by Crippen LogP contribution is 2.43. The summed E-state index contributed by atoms with van der Waals surface area (Å²) >= 11 is 6.33. The fraction of sp³-hybridized carbons (Fsp3) is 0.350. The van der Waals surface area contributed by atoms with Crippen molar-refractivity contribution in [3.05, 3.63) is 63.9 Å². The van der Waals surface area contributed by atoms with Gasteiger partial charge in [-0.25, -0.2) is 13.4 Å². The van der Waals surface area contributed by atoms with Crippen LogP contribution in [0.3, 0.4) is 0 Å². The van der Waals surface area contributed by atoms with Gasteiger partial charge in [0.05, 0.1) is 4.90 Å². The van der Waals surface area contributed by atoms with Crippen molar-refractivity contribution >= 4 is 27.2 Å². The van der Waals surface area contributed by atoms with Crippen LogP contribution < -0.4 is 0 Å². The van der Waals surface area contributed by atoms with E-state index in [1.165, 1.54) is 11.1 Å². The molecule has 4 nitrogen and oxygen atoms in total. The van der Waals surface area contributed by atoms with Crippen LogP contribution in [0.4, 0.5) is 0 Å². The maximum atomic E-state index is 13.1. The van der Waals surface area contributed by atoms with Gasteiger partial charge in [-0.2, -0.15) is 4.31 Å². The molecule has 0 radical (unpaired) electrons. The predicted molar refractivity (Wildman–Crippen MR) is 104 cm³/mol. The van der Waals surface area contributed by atoms with E-state index in [0.29, 0.717) is 23.1 Å². The summed E-state index contributed by atoms with van der Waals surface area (Å²) in [7, 11) is -3.49. The minimum Gasteiger partial charge on any atom is -0.244 e. The summed E-state index contributed by atoms with van der Waals surface area (Å²) in [6.07, 6.45) is 3.34. The van der Waals surface area contributed by atoms with Gasteiger partial charge in [-0.05, 0) is 66.2 Å². The molecule has 0 spiro atoms. The van der Waals surface area contributed by atoms with Gasteiger partial charge in [0.15, 0.2) is 0 Å². The van der Waals surface area contributed by atoms with Crippen LogP contribution in [-0.4, -0.2) is 30.8 Å². The van der Waals surface area contributed by atoms with Crippen LogP contribution in [0.25, 0.3) is 5.57 Å². The van der Waals surface area contributed by atoms with Crippen molar-refractivity contribution in [1.82, 2.24) is 9.29 Å². The normalized spacial score (nSPS) is 20.2. The molecule has 1 aromatic heterocycles. The van der Waals surface area contributed by atoms with E-state index in [9.17, 15) is 8.42 Å². The third-order valence-corrected chi connectivity index (χ3v) is 7.59. The number of sulfonamides is 1. The number of pyridine rings is 1. The van der Waals surface area contributed by atoms with Crippen molar-refractivity contribution in [2.45, 2.75) is 31.6 Å². The molecule has 6 heteroatoms. The maximum Gasteiger partial charge on any atom is 0.243 e. The Morgan fingerprint density at radius 2 is 1.96 bits per heavy atom. The quantitative estimate of drug-likeness (QED) is 0.744. The molecule has 0 N–H and O–H groups in total. The van der Waals surface area contributed by atoms with Gasteiger partial charge < -0.3 is 0 Å². The smallest absolute Gasteiger partial charge is 0.243 e. The van der Waals surface area contributed by atoms with Crippen LogP contribution in [0, 0.1) is 12.8 Å². The Balaban J connectivity index is 1.73. The first-order valence-corrected chi connectivity index (χ1v) is 10.7. The average molecular weight is 389 g/mol. The molecule has 1 atom stereocenters. The lowest BCUT2D eigenvalue weighted by Crippen LogP contribution is -2.29. The molecular formula is C20H21ClN2O2S. The van der Waals surface area contributed by atoms with Gasteiger partial charge in [0.1, 0.15) is 5.15 Å². The zero-order valence-electron chi connectivity index (χ0n) is 14.9. The number of halogens is 1. The Morgan fingerprint density at radius 3 is 2.65 bits per heavy atom. The summed E-state index contributed by atoms with van der Waals surface area (Å²) in [5, 5.41) is 0.535. The van der Waals surface area contributed by atoms with Gasteiger partial charge in [0, 0.05) is 19.3 Å². The van der Waals surface area contributed by atoms with Crippen molar-refractivity contribution in [3.8, 4) is 0 Å². The molecule has 4 rings (SSSR count). The Morgan fingerprint density at radius 1 is 1.23 bits per heavy atom. The highest BCUT2D eigenvalue weighted by atomic mass is 35.5. The van der Waals surface area contributed by atoms with Crippen molar-refractivity contribution in [3.63, 3.8) is 0 Å². The second kappa shape index (κ2) is 6.48. The number of hydrogen-bond donors (Lipinski definition) is 0. The number of aryl methyl sites for hydroxylation is 1. The first-order valence-electron chi connectivity index (χ1n) is 8.84. The van der Waals surface area contributed by atoms with E-state index in [-0.39, 0.29) is 5.92 Å². The Bertz CT molecular complexity index is 997. The molecule has 1 fully saturated rings. The molecule has 2 aliphatic rings. The lowest BCUT2D eigenvalue weighted by Gasteiger charge is -2.25. The lowest BCUT2D eigenvalue weighted by molar-refractivity contribution is 0.456. The summed E-state index contributed by atoms with van der Waals surface area (Å²) in [6.45, 7) is 5.03. The summed E-state index contributed by atoms with van der Waals surface area (Å²) < 4.78 is 27.8. The largest absolute Gasteiger partial charge is 0.244 e. The summed E-state index contributed by atoms with van der Waals surface area (Å²) in [5.41, 5.74) is 5.69. The predicted octanol–water partition coefficient (Wildman–Crippen LogP) is 4.08. The van der Waals surface area contributed by atoms with Crippen molar-refractivity contribution in [2.24, 2.45) is 5.92 Å². The van der Waals surface area contributed by atoms with E-state index in [2.05, 4.69) is 11.9 Å². The molecule has 1 aliphatic carbocycles. The second-order valence-corrected chi connectivity index (χ2v) is 9.29. The van der Waals surface area contributed by atoms with E-state index in [1.807, 2.05) is 25.1 Å². The van der Waals surface area contributed by atoms with Crippen LogP contribution in [0.2, 0.25) is 5.15 Å². The summed E-state index contributed by atoms with van der Waals surface area (Å²) in [4.78, 5) is 4.57. The van der Waals surface area contributed by atoms with Crippen molar-refractivity contribution in [1.29, 1.82) is 0 Å². The Hall–Kier alpha value is -1.69. The number of fused-ring (bicyclic) bond motifs is 2. The van der Waals surface area contributed by atoms with E-state index in [1.54, 1.807) is 22.6 Å². The molecule has 1 aromatic carbocycles. The van der Waals surface area contributed by atoms with Crippen LogP contribution >= 0.6 is 11.6 Å². The molecular weight excluding hydrogens is 368 g/mol. The Kier molecular flexibility index (Phi) is 4.41. The van der Waals surface area contributed by atoms with E-state index < -0.39 is 10.0 Å². The number of benzene rings is 1. The highest BCUT2D eigenvalue weighted by molar-refractivity contribution is 7.89. The lowest BCUT2D eigenvalue weighted by atomic mass is 9.80. The van der Waals surface area contributed by atoms with E-state index in [0.717, 1.165) is 29.5 Å². The number of nitrogens with zero attached hydrogens (tertiary/aromatic N) is 2. The Labute approximate surface area is 159 Å². The van der Waals surface area contributed by atoms with Crippen LogP contribution in [0.15, 0.2) is 47.0 Å². The standard InChI is InChI=1S/C20H21ClN2O2S/c1-3-16-17-8-9-22-20(21)18(17)10-14-11-23(12-19(14)16)26(24,25)15-6-4-13(2)5-7-15/h4-9,14H,3,10-12H2,1-2H3/t14-/m0/s1. The maximum absolute atomic E-state index is 13.1. The SMILES string of the molecule is CCC1=C2CN(S(=O)(=O)c3ccc(C)cc3)C[C@@H]2Cc2c1ccnc2Cl. The fourth-order valence-corrected chi connectivity index (χ4v) is 5.79. The molecule has 26 heavy (non-hydrogen) atoms. The number of hydrogen-bond acceptors (Lipinski definition) is 3. The molecule has 2 aromatic rings. The van der Waals surface area contributed by atoms with E-state index >= 15 is 0 Å². The summed E-state index contributed by atoms with van der Waals surface area (Å²) in [6, 6.07) is 9.07. The third-order valence-electron chi connectivity index (χ3n) is 5.44. The van der Waals surface area contributed by atoms with Gasteiger partial charge in [0.25, 0.3) is 0 Å². The van der Waals surface area contributed by atoms with Crippen molar-refractivity contribution in [2.75, 3.05) is 13.1 Å². The molecule has 0 amide bonds. The first kappa shape index (κ1) is 17.7. The molecule has 136 valence electrons. The number of aromatic nitrogens is 1. The molecule has 0 unspecified atom stereocenters. The second-order valence-electron chi connectivity index (χ2n) is 7.00. The van der Waals surface area contributed by atoms with Gasteiger partial charge in [-0.15, -0.1) is 0 Å². The van der Waals surface area contributed by atoms with Gasteiger partial charge in [0.2, 0.25) is 10.0 Å². The minimum atomic E-state index is -3.49. The van der Waals surface area contributed by atoms with Crippen LogP contribution in [0.1, 0.15) is 30.0 Å². The third kappa shape index (κ3) is 2.79. The topological polar surface area (TPSA) is 50.3 Å². The summed E-state index contributed by atoms with van der Waals surface area (Å²) in [5.74, 6) is 0.180. The first-order chi connectivity index (χ1) is 12.4.